The van der Waals surface area contributed by atoms with Crippen LogP contribution in [-0.2, 0) is 11.2 Å². The molecule has 132 valence electrons. The van der Waals surface area contributed by atoms with Gasteiger partial charge in [0.2, 0.25) is 5.91 Å². The molecule has 3 rings (SSSR count). The first-order valence-corrected chi connectivity index (χ1v) is 8.31. The Morgan fingerprint density at radius 2 is 2.04 bits per heavy atom. The fraction of sp³-hybridized carbons (Fsp3) is 0.368. The van der Waals surface area contributed by atoms with Crippen LogP contribution >= 0.6 is 0 Å². The molecule has 2 heterocycles. The molecule has 0 spiro atoms. The molecule has 1 aromatic carbocycles. The minimum Gasteiger partial charge on any atom is -0.459 e. The summed E-state index contributed by atoms with van der Waals surface area (Å²) in [4.78, 5) is 26.6. The molecule has 1 N–H and O–H groups in total. The first-order chi connectivity index (χ1) is 11.9. The molecule has 0 radical (unpaired) electrons. The third kappa shape index (κ3) is 4.26. The third-order valence-corrected chi connectivity index (χ3v) is 4.37. The number of hydrogen-bond donors (Lipinski definition) is 1. The molecule has 2 amide bonds. The van der Waals surface area contributed by atoms with Crippen LogP contribution in [0.1, 0.15) is 29.5 Å². The number of hydrogen-bond acceptors (Lipinski definition) is 3. The lowest BCUT2D eigenvalue weighted by molar-refractivity contribution is -0.132. The number of amides is 2. The molecule has 1 aliphatic rings. The first kappa shape index (κ1) is 17.2. The summed E-state index contributed by atoms with van der Waals surface area (Å²) in [7, 11) is 0. The summed E-state index contributed by atoms with van der Waals surface area (Å²) >= 11 is 0. The fourth-order valence-electron chi connectivity index (χ4n) is 3.02. The van der Waals surface area contributed by atoms with E-state index in [1.807, 2.05) is 30.3 Å². The van der Waals surface area contributed by atoms with Gasteiger partial charge in [-0.25, -0.2) is 4.39 Å². The SMILES string of the molecule is CC1(F)CCN(C(=O)C(Cc2ccccc2)NC(=O)c2ccco2)C1. The number of nitrogens with one attached hydrogen (secondary N) is 1. The Bertz CT molecular complexity index is 728. The number of halogens is 1. The molecule has 1 aromatic heterocycles. The highest BCUT2D eigenvalue weighted by atomic mass is 19.1. The van der Waals surface area contributed by atoms with Crippen molar-refractivity contribution in [2.75, 3.05) is 13.1 Å². The lowest BCUT2D eigenvalue weighted by Gasteiger charge is -2.24. The Kier molecular flexibility index (Phi) is 4.88. The minimum absolute atomic E-state index is 0.0494. The summed E-state index contributed by atoms with van der Waals surface area (Å²) in [6.07, 6.45) is 2.05. The zero-order chi connectivity index (χ0) is 17.9. The van der Waals surface area contributed by atoms with Crippen LogP contribution in [0.2, 0.25) is 0 Å². The molecular formula is C19H21FN2O3. The number of carbonyl (C=O) groups is 2. The van der Waals surface area contributed by atoms with Crippen molar-refractivity contribution in [1.82, 2.24) is 10.2 Å². The van der Waals surface area contributed by atoms with Gasteiger partial charge >= 0.3 is 0 Å². The van der Waals surface area contributed by atoms with Crippen LogP contribution in [0.4, 0.5) is 4.39 Å². The van der Waals surface area contributed by atoms with E-state index in [0.29, 0.717) is 19.4 Å². The zero-order valence-electron chi connectivity index (χ0n) is 14.1. The Morgan fingerprint density at radius 1 is 1.28 bits per heavy atom. The van der Waals surface area contributed by atoms with E-state index in [1.165, 1.54) is 24.2 Å². The van der Waals surface area contributed by atoms with Gasteiger partial charge in [0.1, 0.15) is 11.7 Å². The van der Waals surface area contributed by atoms with Crippen LogP contribution in [0.5, 0.6) is 0 Å². The maximum Gasteiger partial charge on any atom is 0.287 e. The Hall–Kier alpha value is -2.63. The molecular weight excluding hydrogens is 323 g/mol. The second-order valence-electron chi connectivity index (χ2n) is 6.62. The van der Waals surface area contributed by atoms with Crippen molar-refractivity contribution in [2.45, 2.75) is 31.5 Å². The highest BCUT2D eigenvalue weighted by Gasteiger charge is 2.38. The Morgan fingerprint density at radius 3 is 2.64 bits per heavy atom. The summed E-state index contributed by atoms with van der Waals surface area (Å²) in [5.41, 5.74) is -0.458. The summed E-state index contributed by atoms with van der Waals surface area (Å²) in [6.45, 7) is 1.90. The lowest BCUT2D eigenvalue weighted by Crippen LogP contribution is -2.49. The average molecular weight is 344 g/mol. The van der Waals surface area contributed by atoms with Crippen LogP contribution in [0.25, 0.3) is 0 Å². The van der Waals surface area contributed by atoms with Crippen molar-refractivity contribution < 1.29 is 18.4 Å². The second kappa shape index (κ2) is 7.09. The van der Waals surface area contributed by atoms with Crippen molar-refractivity contribution in [3.63, 3.8) is 0 Å². The van der Waals surface area contributed by atoms with Crippen LogP contribution in [0, 0.1) is 0 Å². The lowest BCUT2D eigenvalue weighted by atomic mass is 10.0. The summed E-state index contributed by atoms with van der Waals surface area (Å²) in [5, 5.41) is 2.73. The van der Waals surface area contributed by atoms with E-state index in [2.05, 4.69) is 5.32 Å². The predicted octanol–water partition coefficient (Wildman–Crippen LogP) is 2.58. The van der Waals surface area contributed by atoms with Crippen molar-refractivity contribution in [3.8, 4) is 0 Å². The van der Waals surface area contributed by atoms with Gasteiger partial charge in [-0.1, -0.05) is 30.3 Å². The number of carbonyl (C=O) groups excluding carboxylic acids is 2. The van der Waals surface area contributed by atoms with E-state index in [1.54, 1.807) is 6.07 Å². The molecule has 1 saturated heterocycles. The quantitative estimate of drug-likeness (QED) is 0.907. The zero-order valence-corrected chi connectivity index (χ0v) is 14.1. The van der Waals surface area contributed by atoms with Crippen LogP contribution in [0.15, 0.2) is 53.1 Å². The van der Waals surface area contributed by atoms with Gasteiger partial charge in [-0.2, -0.15) is 0 Å². The molecule has 0 saturated carbocycles. The monoisotopic (exact) mass is 344 g/mol. The van der Waals surface area contributed by atoms with Gasteiger partial charge < -0.3 is 14.6 Å². The van der Waals surface area contributed by atoms with E-state index in [0.717, 1.165) is 5.56 Å². The van der Waals surface area contributed by atoms with Crippen LogP contribution in [0.3, 0.4) is 0 Å². The van der Waals surface area contributed by atoms with Gasteiger partial charge in [0.15, 0.2) is 5.76 Å². The van der Waals surface area contributed by atoms with Crippen molar-refractivity contribution in [1.29, 1.82) is 0 Å². The number of benzene rings is 1. The van der Waals surface area contributed by atoms with Gasteiger partial charge in [0.05, 0.1) is 12.8 Å². The van der Waals surface area contributed by atoms with Crippen molar-refractivity contribution in [2.24, 2.45) is 0 Å². The molecule has 1 fully saturated rings. The predicted molar refractivity (Wildman–Crippen MR) is 90.8 cm³/mol. The Labute approximate surface area is 145 Å². The highest BCUT2D eigenvalue weighted by molar-refractivity contribution is 5.95. The normalized spacial score (nSPS) is 21.1. The molecule has 0 bridgehead atoms. The van der Waals surface area contributed by atoms with Gasteiger partial charge in [0, 0.05) is 19.4 Å². The summed E-state index contributed by atoms with van der Waals surface area (Å²) in [5.74, 6) is -0.589. The highest BCUT2D eigenvalue weighted by Crippen LogP contribution is 2.25. The number of furan rings is 1. The number of rotatable bonds is 5. The second-order valence-corrected chi connectivity index (χ2v) is 6.62. The van der Waals surface area contributed by atoms with Gasteiger partial charge in [-0.05, 0) is 24.6 Å². The van der Waals surface area contributed by atoms with Gasteiger partial charge in [-0.15, -0.1) is 0 Å². The molecule has 0 aliphatic carbocycles. The summed E-state index contributed by atoms with van der Waals surface area (Å²) < 4.78 is 19.2. The van der Waals surface area contributed by atoms with Gasteiger partial charge in [-0.3, -0.25) is 9.59 Å². The largest absolute Gasteiger partial charge is 0.459 e. The van der Waals surface area contributed by atoms with Crippen molar-refractivity contribution >= 4 is 11.8 Å². The maximum absolute atomic E-state index is 14.1. The van der Waals surface area contributed by atoms with E-state index >= 15 is 0 Å². The summed E-state index contributed by atoms with van der Waals surface area (Å²) in [6, 6.07) is 11.8. The average Bonchev–Trinajstić information content (AvgIpc) is 3.24. The molecule has 2 atom stereocenters. The molecule has 2 aromatic rings. The van der Waals surface area contributed by atoms with E-state index in [-0.39, 0.29) is 18.2 Å². The molecule has 2 unspecified atom stereocenters. The van der Waals surface area contributed by atoms with Crippen molar-refractivity contribution in [3.05, 3.63) is 60.1 Å². The minimum atomic E-state index is -1.38. The molecule has 1 aliphatic heterocycles. The maximum atomic E-state index is 14.1. The smallest absolute Gasteiger partial charge is 0.287 e. The molecule has 6 heteroatoms. The van der Waals surface area contributed by atoms with E-state index in [9.17, 15) is 14.0 Å². The van der Waals surface area contributed by atoms with Crippen LogP contribution in [-0.4, -0.2) is 41.5 Å². The number of alkyl halides is 1. The fourth-order valence-corrected chi connectivity index (χ4v) is 3.02. The first-order valence-electron chi connectivity index (χ1n) is 8.31. The number of likely N-dealkylation sites (tertiary alicyclic amines) is 1. The topological polar surface area (TPSA) is 62.6 Å². The molecule has 25 heavy (non-hydrogen) atoms. The Balaban J connectivity index is 1.76. The van der Waals surface area contributed by atoms with E-state index in [4.69, 9.17) is 4.42 Å². The standard InChI is InChI=1S/C19H21FN2O3/c1-19(20)9-10-22(13-19)18(24)15(12-14-6-3-2-4-7-14)21-17(23)16-8-5-11-25-16/h2-8,11,15H,9-10,12-13H2,1H3,(H,21,23). The van der Waals surface area contributed by atoms with E-state index < -0.39 is 17.6 Å². The molecule has 5 nitrogen and oxygen atoms in total. The van der Waals surface area contributed by atoms with Crippen LogP contribution < -0.4 is 5.32 Å². The van der Waals surface area contributed by atoms with Gasteiger partial charge in [0.25, 0.3) is 5.91 Å². The third-order valence-electron chi connectivity index (χ3n) is 4.37. The number of nitrogens with zero attached hydrogens (tertiary/aromatic N) is 1.